The summed E-state index contributed by atoms with van der Waals surface area (Å²) < 4.78 is 15.2. The average molecular weight is 426 g/mol. The van der Waals surface area contributed by atoms with E-state index in [2.05, 4.69) is 10.2 Å². The fourth-order valence-corrected chi connectivity index (χ4v) is 4.32. The van der Waals surface area contributed by atoms with Crippen LogP contribution >= 0.6 is 35.0 Å². The Morgan fingerprint density at radius 1 is 1.00 bits per heavy atom. The molecule has 0 fully saturated rings. The van der Waals surface area contributed by atoms with Crippen LogP contribution in [0.25, 0.3) is 5.69 Å². The minimum Gasteiger partial charge on any atom is -0.396 e. The van der Waals surface area contributed by atoms with Gasteiger partial charge in [0.05, 0.1) is 0 Å². The first kappa shape index (κ1) is 20.1. The molecule has 0 atom stereocenters. The van der Waals surface area contributed by atoms with Gasteiger partial charge in [0.25, 0.3) is 0 Å². The number of rotatable bonds is 8. The molecule has 0 aliphatic heterocycles. The predicted octanol–water partition coefficient (Wildman–Crippen LogP) is 5.32. The SMILES string of the molecule is OCCCCc1nnc(SCc2c(Cl)cccc2Cl)n1-c1ccc(F)cc1. The van der Waals surface area contributed by atoms with Crippen molar-refractivity contribution in [1.29, 1.82) is 0 Å². The van der Waals surface area contributed by atoms with Gasteiger partial charge in [0.2, 0.25) is 0 Å². The number of hydrogen-bond acceptors (Lipinski definition) is 4. The van der Waals surface area contributed by atoms with Crippen molar-refractivity contribution < 1.29 is 9.50 Å². The van der Waals surface area contributed by atoms with Gasteiger partial charge in [0, 0.05) is 34.5 Å². The lowest BCUT2D eigenvalue weighted by Crippen LogP contribution is -2.04. The largest absolute Gasteiger partial charge is 0.396 e. The fourth-order valence-electron chi connectivity index (χ4n) is 2.61. The predicted molar refractivity (Wildman–Crippen MR) is 107 cm³/mol. The third-order valence-electron chi connectivity index (χ3n) is 4.00. The van der Waals surface area contributed by atoms with E-state index in [4.69, 9.17) is 28.3 Å². The van der Waals surface area contributed by atoms with Crippen LogP contribution in [0.3, 0.4) is 0 Å². The number of halogens is 3. The molecule has 1 N–H and O–H groups in total. The smallest absolute Gasteiger partial charge is 0.196 e. The molecule has 0 saturated heterocycles. The molecular formula is C19H18Cl2FN3OS. The molecule has 3 aromatic rings. The van der Waals surface area contributed by atoms with Crippen molar-refractivity contribution in [2.24, 2.45) is 0 Å². The summed E-state index contributed by atoms with van der Waals surface area (Å²) in [6, 6.07) is 11.6. The molecule has 142 valence electrons. The first-order chi connectivity index (χ1) is 13.1. The number of thioether (sulfide) groups is 1. The Kier molecular flexibility index (Phi) is 7.13. The lowest BCUT2D eigenvalue weighted by Gasteiger charge is -2.11. The topological polar surface area (TPSA) is 50.9 Å². The molecule has 1 aromatic heterocycles. The maximum atomic E-state index is 13.3. The highest BCUT2D eigenvalue weighted by Crippen LogP contribution is 2.32. The van der Waals surface area contributed by atoms with Gasteiger partial charge in [0.1, 0.15) is 11.6 Å². The van der Waals surface area contributed by atoms with E-state index in [0.29, 0.717) is 33.8 Å². The van der Waals surface area contributed by atoms with Crippen molar-refractivity contribution in [2.45, 2.75) is 30.2 Å². The molecule has 0 bridgehead atoms. The summed E-state index contributed by atoms with van der Waals surface area (Å²) in [6.45, 7) is 0.136. The maximum absolute atomic E-state index is 13.3. The van der Waals surface area contributed by atoms with Crippen LogP contribution in [-0.4, -0.2) is 26.5 Å². The molecule has 0 saturated carbocycles. The van der Waals surface area contributed by atoms with Crippen LogP contribution in [0.2, 0.25) is 10.0 Å². The fraction of sp³-hybridized carbons (Fsp3) is 0.263. The molecule has 0 spiro atoms. The maximum Gasteiger partial charge on any atom is 0.196 e. The van der Waals surface area contributed by atoms with E-state index in [1.54, 1.807) is 30.3 Å². The molecule has 0 radical (unpaired) electrons. The number of nitrogens with zero attached hydrogens (tertiary/aromatic N) is 3. The third kappa shape index (κ3) is 5.02. The highest BCUT2D eigenvalue weighted by atomic mass is 35.5. The molecule has 27 heavy (non-hydrogen) atoms. The second-order valence-electron chi connectivity index (χ2n) is 5.88. The van der Waals surface area contributed by atoms with Crippen LogP contribution in [0.1, 0.15) is 24.2 Å². The molecule has 0 amide bonds. The van der Waals surface area contributed by atoms with E-state index in [1.807, 2.05) is 4.57 Å². The van der Waals surface area contributed by atoms with Crippen molar-refractivity contribution >= 4 is 35.0 Å². The van der Waals surface area contributed by atoms with Crippen molar-refractivity contribution in [1.82, 2.24) is 14.8 Å². The van der Waals surface area contributed by atoms with Crippen LogP contribution in [0.4, 0.5) is 4.39 Å². The summed E-state index contributed by atoms with van der Waals surface area (Å²) in [5, 5.41) is 19.5. The lowest BCUT2D eigenvalue weighted by molar-refractivity contribution is 0.284. The zero-order valence-electron chi connectivity index (χ0n) is 14.4. The molecule has 2 aromatic carbocycles. The van der Waals surface area contributed by atoms with Crippen LogP contribution in [-0.2, 0) is 12.2 Å². The Morgan fingerprint density at radius 3 is 2.37 bits per heavy atom. The standard InChI is InChI=1S/C19H18Cl2FN3OS/c20-16-4-3-5-17(21)15(16)12-27-19-24-23-18(6-1-2-11-26)25(19)14-9-7-13(22)8-10-14/h3-5,7-10,26H,1-2,6,11-12H2. The number of aliphatic hydroxyl groups excluding tert-OH is 1. The Morgan fingerprint density at radius 2 is 1.70 bits per heavy atom. The zero-order chi connectivity index (χ0) is 19.2. The van der Waals surface area contributed by atoms with Gasteiger partial charge >= 0.3 is 0 Å². The molecule has 3 rings (SSSR count). The number of aryl methyl sites for hydroxylation is 1. The first-order valence-corrected chi connectivity index (χ1v) is 10.2. The van der Waals surface area contributed by atoms with Crippen molar-refractivity contribution in [3.8, 4) is 5.69 Å². The molecule has 8 heteroatoms. The monoisotopic (exact) mass is 425 g/mol. The first-order valence-electron chi connectivity index (χ1n) is 8.47. The summed E-state index contributed by atoms with van der Waals surface area (Å²) in [4.78, 5) is 0. The normalized spacial score (nSPS) is 11.1. The Balaban J connectivity index is 1.88. The van der Waals surface area contributed by atoms with Gasteiger partial charge in [0.15, 0.2) is 5.16 Å². The van der Waals surface area contributed by atoms with Crippen LogP contribution in [0, 0.1) is 5.82 Å². The summed E-state index contributed by atoms with van der Waals surface area (Å²) >= 11 is 14.0. The van der Waals surface area contributed by atoms with Gasteiger partial charge in [-0.15, -0.1) is 10.2 Å². The number of aliphatic hydroxyl groups is 1. The average Bonchev–Trinajstić information content (AvgIpc) is 3.05. The number of hydrogen-bond donors (Lipinski definition) is 1. The van der Waals surface area contributed by atoms with E-state index in [0.717, 1.165) is 23.5 Å². The van der Waals surface area contributed by atoms with Gasteiger partial charge < -0.3 is 5.11 Å². The second kappa shape index (κ2) is 9.55. The highest BCUT2D eigenvalue weighted by molar-refractivity contribution is 7.98. The van der Waals surface area contributed by atoms with Gasteiger partial charge in [-0.25, -0.2) is 4.39 Å². The molecule has 1 heterocycles. The summed E-state index contributed by atoms with van der Waals surface area (Å²) in [7, 11) is 0. The molecule has 0 aliphatic rings. The van der Waals surface area contributed by atoms with Gasteiger partial charge in [-0.2, -0.15) is 0 Å². The van der Waals surface area contributed by atoms with Gasteiger partial charge in [-0.05, 0) is 54.8 Å². The van der Waals surface area contributed by atoms with E-state index in [9.17, 15) is 4.39 Å². The molecule has 0 unspecified atom stereocenters. The van der Waals surface area contributed by atoms with Crippen molar-refractivity contribution in [3.05, 3.63) is 69.7 Å². The van der Waals surface area contributed by atoms with Crippen molar-refractivity contribution in [3.63, 3.8) is 0 Å². The van der Waals surface area contributed by atoms with E-state index < -0.39 is 0 Å². The summed E-state index contributed by atoms with van der Waals surface area (Å²) in [6.07, 6.45) is 2.14. The number of benzene rings is 2. The van der Waals surface area contributed by atoms with E-state index in [-0.39, 0.29) is 12.4 Å². The van der Waals surface area contributed by atoms with Crippen LogP contribution in [0.5, 0.6) is 0 Å². The molecule has 0 aliphatic carbocycles. The van der Waals surface area contributed by atoms with E-state index >= 15 is 0 Å². The second-order valence-corrected chi connectivity index (χ2v) is 7.64. The number of unbranched alkanes of at least 4 members (excludes halogenated alkanes) is 1. The Labute approximate surface area is 171 Å². The zero-order valence-corrected chi connectivity index (χ0v) is 16.7. The van der Waals surface area contributed by atoms with Gasteiger partial charge in [-0.3, -0.25) is 4.57 Å². The summed E-state index contributed by atoms with van der Waals surface area (Å²) in [5.74, 6) is 1.00. The highest BCUT2D eigenvalue weighted by Gasteiger charge is 2.16. The van der Waals surface area contributed by atoms with Crippen molar-refractivity contribution in [2.75, 3.05) is 6.61 Å². The minimum absolute atomic E-state index is 0.136. The van der Waals surface area contributed by atoms with E-state index in [1.165, 1.54) is 23.9 Å². The van der Waals surface area contributed by atoms with Crippen LogP contribution < -0.4 is 0 Å². The lowest BCUT2D eigenvalue weighted by atomic mass is 10.2. The quantitative estimate of drug-likeness (QED) is 0.391. The Bertz CT molecular complexity index is 882. The third-order valence-corrected chi connectivity index (χ3v) is 5.66. The molecular weight excluding hydrogens is 408 g/mol. The van der Waals surface area contributed by atoms with Gasteiger partial charge in [-0.1, -0.05) is 41.0 Å². The minimum atomic E-state index is -0.300. The van der Waals surface area contributed by atoms with Crippen LogP contribution in [0.15, 0.2) is 47.6 Å². The summed E-state index contributed by atoms with van der Waals surface area (Å²) in [5.41, 5.74) is 1.62. The Hall–Kier alpha value is -1.60. The number of aromatic nitrogens is 3. The molecule has 4 nitrogen and oxygen atoms in total.